The van der Waals surface area contributed by atoms with Gasteiger partial charge in [-0.2, -0.15) is 0 Å². The molecule has 1 fully saturated rings. The molecule has 1 aromatic rings. The first-order valence-electron chi connectivity index (χ1n) is 8.45. The first-order chi connectivity index (χ1) is 12.0. The summed E-state index contributed by atoms with van der Waals surface area (Å²) in [4.78, 5) is 36.6. The summed E-state index contributed by atoms with van der Waals surface area (Å²) in [5, 5.41) is 2.80. The molecule has 0 saturated carbocycles. The van der Waals surface area contributed by atoms with Gasteiger partial charge in [-0.3, -0.25) is 14.4 Å². The van der Waals surface area contributed by atoms with E-state index in [1.165, 1.54) is 17.3 Å². The fraction of sp³-hybridized carbons (Fsp3) is 0.500. The second kappa shape index (κ2) is 9.46. The topological polar surface area (TPSA) is 75.7 Å². The number of esters is 1. The average molecular weight is 364 g/mol. The zero-order chi connectivity index (χ0) is 18.2. The van der Waals surface area contributed by atoms with Crippen molar-refractivity contribution >= 4 is 28.9 Å². The van der Waals surface area contributed by atoms with Crippen LogP contribution in [0.3, 0.4) is 0 Å². The third-order valence-corrected chi connectivity index (χ3v) is 4.95. The SMILES string of the molecule is CCc1ccc(C(C)NC(=O)COC(=O)CCN2CCSC2=O)cc1. The van der Waals surface area contributed by atoms with Crippen molar-refractivity contribution in [3.8, 4) is 0 Å². The van der Waals surface area contributed by atoms with E-state index in [2.05, 4.69) is 12.2 Å². The number of carbonyl (C=O) groups is 3. The number of rotatable bonds is 8. The maximum atomic E-state index is 11.9. The summed E-state index contributed by atoms with van der Waals surface area (Å²) >= 11 is 1.25. The maximum absolute atomic E-state index is 11.9. The van der Waals surface area contributed by atoms with Gasteiger partial charge in [0, 0.05) is 18.8 Å². The number of ether oxygens (including phenoxy) is 1. The largest absolute Gasteiger partial charge is 0.456 e. The molecule has 1 heterocycles. The molecule has 1 atom stereocenters. The van der Waals surface area contributed by atoms with Crippen LogP contribution in [0.25, 0.3) is 0 Å². The van der Waals surface area contributed by atoms with Crippen molar-refractivity contribution in [2.24, 2.45) is 0 Å². The smallest absolute Gasteiger partial charge is 0.308 e. The molecule has 0 radical (unpaired) electrons. The summed E-state index contributed by atoms with van der Waals surface area (Å²) in [5.41, 5.74) is 2.24. The quantitative estimate of drug-likeness (QED) is 0.718. The Morgan fingerprint density at radius 3 is 2.64 bits per heavy atom. The monoisotopic (exact) mass is 364 g/mol. The van der Waals surface area contributed by atoms with E-state index in [0.29, 0.717) is 13.1 Å². The number of benzene rings is 1. The molecular weight excluding hydrogens is 340 g/mol. The molecule has 25 heavy (non-hydrogen) atoms. The Kier molecular flexibility index (Phi) is 7.31. The van der Waals surface area contributed by atoms with Gasteiger partial charge in [-0.05, 0) is 24.5 Å². The molecule has 2 amide bonds. The van der Waals surface area contributed by atoms with E-state index in [-0.39, 0.29) is 30.2 Å². The van der Waals surface area contributed by atoms with Crippen LogP contribution in [0.2, 0.25) is 0 Å². The van der Waals surface area contributed by atoms with Crippen LogP contribution >= 0.6 is 11.8 Å². The van der Waals surface area contributed by atoms with Gasteiger partial charge in [-0.1, -0.05) is 43.0 Å². The zero-order valence-electron chi connectivity index (χ0n) is 14.6. The Hall–Kier alpha value is -2.02. The minimum atomic E-state index is -0.472. The highest BCUT2D eigenvalue weighted by Gasteiger charge is 2.21. The van der Waals surface area contributed by atoms with E-state index in [0.717, 1.165) is 17.7 Å². The zero-order valence-corrected chi connectivity index (χ0v) is 15.4. The van der Waals surface area contributed by atoms with Crippen molar-refractivity contribution in [3.63, 3.8) is 0 Å². The molecule has 0 spiro atoms. The highest BCUT2D eigenvalue weighted by molar-refractivity contribution is 8.13. The van der Waals surface area contributed by atoms with Crippen LogP contribution in [-0.4, -0.2) is 47.5 Å². The molecule has 1 aliphatic heterocycles. The Labute approximate surface area is 152 Å². The van der Waals surface area contributed by atoms with E-state index in [4.69, 9.17) is 4.74 Å². The normalized spacial score (nSPS) is 15.1. The molecule has 1 saturated heterocycles. The summed E-state index contributed by atoms with van der Waals surface area (Å²) in [6.07, 6.45) is 1.08. The Morgan fingerprint density at radius 1 is 1.32 bits per heavy atom. The summed E-state index contributed by atoms with van der Waals surface area (Å²) in [7, 11) is 0. The van der Waals surface area contributed by atoms with E-state index in [9.17, 15) is 14.4 Å². The van der Waals surface area contributed by atoms with Crippen molar-refractivity contribution in [1.82, 2.24) is 10.2 Å². The van der Waals surface area contributed by atoms with Crippen molar-refractivity contribution in [2.45, 2.75) is 32.7 Å². The molecule has 0 aliphatic carbocycles. The lowest BCUT2D eigenvalue weighted by Gasteiger charge is -2.16. The van der Waals surface area contributed by atoms with Gasteiger partial charge < -0.3 is 15.0 Å². The van der Waals surface area contributed by atoms with Gasteiger partial charge in [0.1, 0.15) is 0 Å². The molecule has 1 aromatic carbocycles. The van der Waals surface area contributed by atoms with Crippen molar-refractivity contribution in [3.05, 3.63) is 35.4 Å². The number of aryl methyl sites for hydroxylation is 1. The Morgan fingerprint density at radius 2 is 2.04 bits per heavy atom. The lowest BCUT2D eigenvalue weighted by Crippen LogP contribution is -2.32. The second-order valence-corrected chi connectivity index (χ2v) is 6.94. The molecule has 1 N–H and O–H groups in total. The second-order valence-electron chi connectivity index (χ2n) is 5.90. The number of hydrogen-bond donors (Lipinski definition) is 1. The predicted molar refractivity (Wildman–Crippen MR) is 97.4 cm³/mol. The minimum Gasteiger partial charge on any atom is -0.456 e. The summed E-state index contributed by atoms with van der Waals surface area (Å²) < 4.78 is 4.98. The molecule has 1 aliphatic rings. The summed E-state index contributed by atoms with van der Waals surface area (Å²) in [6, 6.07) is 7.89. The van der Waals surface area contributed by atoms with E-state index in [1.807, 2.05) is 31.2 Å². The summed E-state index contributed by atoms with van der Waals surface area (Å²) in [6.45, 7) is 4.67. The highest BCUT2D eigenvalue weighted by Crippen LogP contribution is 2.17. The van der Waals surface area contributed by atoms with Crippen LogP contribution in [0, 0.1) is 0 Å². The molecule has 2 rings (SSSR count). The lowest BCUT2D eigenvalue weighted by atomic mass is 10.1. The highest BCUT2D eigenvalue weighted by atomic mass is 32.2. The van der Waals surface area contributed by atoms with E-state index in [1.54, 1.807) is 4.90 Å². The lowest BCUT2D eigenvalue weighted by molar-refractivity contribution is -0.148. The molecule has 7 heteroatoms. The van der Waals surface area contributed by atoms with E-state index >= 15 is 0 Å². The number of nitrogens with one attached hydrogen (secondary N) is 1. The van der Waals surface area contributed by atoms with Crippen molar-refractivity contribution in [2.75, 3.05) is 25.4 Å². The first kappa shape index (κ1) is 19.3. The number of hydrogen-bond acceptors (Lipinski definition) is 5. The van der Waals surface area contributed by atoms with E-state index < -0.39 is 5.97 Å². The average Bonchev–Trinajstić information content (AvgIpc) is 3.03. The third-order valence-electron chi connectivity index (χ3n) is 4.06. The Balaban J connectivity index is 1.68. The van der Waals surface area contributed by atoms with Gasteiger partial charge in [0.15, 0.2) is 6.61 Å². The molecule has 0 aromatic heterocycles. The van der Waals surface area contributed by atoms with Crippen LogP contribution in [-0.2, 0) is 20.7 Å². The number of nitrogens with zero attached hydrogens (tertiary/aromatic N) is 1. The number of thioether (sulfide) groups is 1. The molecule has 0 bridgehead atoms. The van der Waals surface area contributed by atoms with Gasteiger partial charge >= 0.3 is 5.97 Å². The summed E-state index contributed by atoms with van der Waals surface area (Å²) in [5.74, 6) is -0.0547. The van der Waals surface area contributed by atoms with Gasteiger partial charge in [0.2, 0.25) is 0 Å². The van der Waals surface area contributed by atoms with Crippen LogP contribution in [0.15, 0.2) is 24.3 Å². The van der Waals surface area contributed by atoms with Crippen LogP contribution in [0.5, 0.6) is 0 Å². The molecule has 136 valence electrons. The number of carbonyl (C=O) groups excluding carboxylic acids is 3. The van der Waals surface area contributed by atoms with Crippen LogP contribution in [0.4, 0.5) is 4.79 Å². The standard InChI is InChI=1S/C18H24N2O4S/c1-3-14-4-6-15(7-5-14)13(2)19-16(21)12-24-17(22)8-9-20-10-11-25-18(20)23/h4-7,13H,3,8-12H2,1-2H3,(H,19,21). The fourth-order valence-corrected chi connectivity index (χ4v) is 3.33. The van der Waals surface area contributed by atoms with Gasteiger partial charge in [-0.25, -0.2) is 0 Å². The van der Waals surface area contributed by atoms with Crippen LogP contribution < -0.4 is 5.32 Å². The van der Waals surface area contributed by atoms with Gasteiger partial charge in [0.05, 0.1) is 12.5 Å². The van der Waals surface area contributed by atoms with Gasteiger partial charge in [0.25, 0.3) is 11.1 Å². The first-order valence-corrected chi connectivity index (χ1v) is 9.43. The number of amides is 2. The predicted octanol–water partition coefficient (Wildman–Crippen LogP) is 2.53. The molecular formula is C18H24N2O4S. The van der Waals surface area contributed by atoms with Crippen LogP contribution in [0.1, 0.15) is 37.4 Å². The maximum Gasteiger partial charge on any atom is 0.308 e. The Bertz CT molecular complexity index is 618. The van der Waals surface area contributed by atoms with Crippen molar-refractivity contribution < 1.29 is 19.1 Å². The molecule has 1 unspecified atom stereocenters. The van der Waals surface area contributed by atoms with Crippen molar-refractivity contribution in [1.29, 1.82) is 0 Å². The third kappa shape index (κ3) is 6.08. The van der Waals surface area contributed by atoms with Gasteiger partial charge in [-0.15, -0.1) is 0 Å². The fourth-order valence-electron chi connectivity index (χ4n) is 2.48. The molecule has 6 nitrogen and oxygen atoms in total. The minimum absolute atomic E-state index is 0.00606.